The van der Waals surface area contributed by atoms with E-state index in [2.05, 4.69) is 15.9 Å². The van der Waals surface area contributed by atoms with E-state index in [1.807, 2.05) is 6.07 Å². The smallest absolute Gasteiger partial charge is 0.290 e. The second-order valence-electron chi connectivity index (χ2n) is 7.39. The van der Waals surface area contributed by atoms with E-state index in [0.29, 0.717) is 12.0 Å². The molecular formula is C19H29ClN2O6S. The number of fused-ring (bicyclic) bond motifs is 1. The number of hydrogen-bond acceptors (Lipinski definition) is 7. The number of aliphatic hydroxyl groups is 1. The molecule has 3 heterocycles. The maximum absolute atomic E-state index is 10.6. The van der Waals surface area contributed by atoms with Crippen LogP contribution in [0.2, 0.25) is 4.34 Å². The Morgan fingerprint density at radius 2 is 1.69 bits per heavy atom. The lowest BCUT2D eigenvalue weighted by atomic mass is 9.77. The van der Waals surface area contributed by atoms with Crippen LogP contribution in [0.5, 0.6) is 0 Å². The molecule has 1 aromatic heterocycles. The van der Waals surface area contributed by atoms with Gasteiger partial charge in [-0.1, -0.05) is 11.6 Å². The first kappa shape index (κ1) is 24.0. The first-order chi connectivity index (χ1) is 14.0. The van der Waals surface area contributed by atoms with Gasteiger partial charge in [0, 0.05) is 43.6 Å². The van der Waals surface area contributed by atoms with Gasteiger partial charge in [-0.15, -0.1) is 11.3 Å². The Morgan fingerprint density at radius 3 is 2.24 bits per heavy atom. The number of ether oxygens (including phenoxy) is 1. The van der Waals surface area contributed by atoms with Crippen LogP contribution in [0, 0.1) is 11.8 Å². The zero-order valence-corrected chi connectivity index (χ0v) is 17.8. The molecule has 0 radical (unpaired) electrons. The van der Waals surface area contributed by atoms with Crippen molar-refractivity contribution in [2.75, 3.05) is 39.4 Å². The van der Waals surface area contributed by atoms with Crippen molar-refractivity contribution in [3.63, 3.8) is 0 Å². The van der Waals surface area contributed by atoms with Gasteiger partial charge in [-0.2, -0.15) is 0 Å². The van der Waals surface area contributed by atoms with Gasteiger partial charge in [0.25, 0.3) is 12.9 Å². The summed E-state index contributed by atoms with van der Waals surface area (Å²) in [6.07, 6.45) is 1.91. The first-order valence-electron chi connectivity index (χ1n) is 9.64. The molecule has 10 heteroatoms. The van der Waals surface area contributed by atoms with Gasteiger partial charge in [-0.3, -0.25) is 19.4 Å². The predicted octanol–water partition coefficient (Wildman–Crippen LogP) is 1.71. The van der Waals surface area contributed by atoms with Crippen LogP contribution in [0.15, 0.2) is 12.1 Å². The fraction of sp³-hybridized carbons (Fsp3) is 0.684. The summed E-state index contributed by atoms with van der Waals surface area (Å²) in [5, 5.41) is 24.4. The number of hydrogen-bond donors (Lipinski definition) is 3. The molecule has 4 atom stereocenters. The van der Waals surface area contributed by atoms with Crippen LogP contribution in [0.25, 0.3) is 0 Å². The highest BCUT2D eigenvalue weighted by atomic mass is 35.5. The number of morpholine rings is 1. The lowest BCUT2D eigenvalue weighted by Crippen LogP contribution is -2.53. The number of halogens is 1. The maximum Gasteiger partial charge on any atom is 0.290 e. The van der Waals surface area contributed by atoms with E-state index in [1.54, 1.807) is 11.3 Å². The number of likely N-dealkylation sites (tertiary alicyclic amines) is 1. The number of rotatable bonds is 3. The third kappa shape index (κ3) is 7.20. The number of carbonyl (C=O) groups is 2. The second-order valence-corrected chi connectivity index (χ2v) is 9.18. The normalized spacial score (nSPS) is 29.6. The fourth-order valence-corrected chi connectivity index (χ4v) is 5.72. The third-order valence-corrected chi connectivity index (χ3v) is 6.92. The number of aliphatic hydroxyl groups excluding tert-OH is 1. The molecule has 2 aliphatic heterocycles. The van der Waals surface area contributed by atoms with Crippen LogP contribution in [0.1, 0.15) is 17.7 Å². The molecule has 3 fully saturated rings. The predicted molar refractivity (Wildman–Crippen MR) is 110 cm³/mol. The zero-order valence-electron chi connectivity index (χ0n) is 16.2. The minimum absolute atomic E-state index is 0.175. The minimum Gasteiger partial charge on any atom is -0.483 e. The van der Waals surface area contributed by atoms with Crippen molar-refractivity contribution in [3.8, 4) is 0 Å². The minimum atomic E-state index is -0.250. The number of carboxylic acid groups (broad SMARTS) is 2. The summed E-state index contributed by atoms with van der Waals surface area (Å²) in [5.74, 6) is 1.37. The van der Waals surface area contributed by atoms with Gasteiger partial charge in [-0.05, 0) is 36.8 Å². The van der Waals surface area contributed by atoms with Crippen LogP contribution in [-0.2, 0) is 20.9 Å². The van der Waals surface area contributed by atoms with Crippen molar-refractivity contribution < 1.29 is 29.6 Å². The van der Waals surface area contributed by atoms with Crippen molar-refractivity contribution in [3.05, 3.63) is 21.3 Å². The molecule has 164 valence electrons. The van der Waals surface area contributed by atoms with Gasteiger partial charge in [-0.25, -0.2) is 0 Å². The Kier molecular flexibility index (Phi) is 10.3. The van der Waals surface area contributed by atoms with Crippen LogP contribution >= 0.6 is 22.9 Å². The zero-order chi connectivity index (χ0) is 21.2. The summed E-state index contributed by atoms with van der Waals surface area (Å²) in [4.78, 5) is 23.1. The summed E-state index contributed by atoms with van der Waals surface area (Å²) in [5.41, 5.74) is 0. The van der Waals surface area contributed by atoms with E-state index in [9.17, 15) is 5.11 Å². The third-order valence-electron chi connectivity index (χ3n) is 5.71. The van der Waals surface area contributed by atoms with Gasteiger partial charge in [0.05, 0.1) is 23.7 Å². The summed E-state index contributed by atoms with van der Waals surface area (Å²) in [6, 6.07) is 4.46. The van der Waals surface area contributed by atoms with Gasteiger partial charge in [0.1, 0.15) is 0 Å². The van der Waals surface area contributed by atoms with Crippen LogP contribution in [0.4, 0.5) is 0 Å². The topological polar surface area (TPSA) is 111 Å². The molecule has 0 bridgehead atoms. The Labute approximate surface area is 179 Å². The number of thiophene rings is 1. The van der Waals surface area contributed by atoms with Crippen molar-refractivity contribution in [2.24, 2.45) is 11.8 Å². The monoisotopic (exact) mass is 448 g/mol. The Balaban J connectivity index is 0.000000449. The Morgan fingerprint density at radius 1 is 1.10 bits per heavy atom. The molecule has 3 aliphatic rings. The lowest BCUT2D eigenvalue weighted by Gasteiger charge is -2.43. The summed E-state index contributed by atoms with van der Waals surface area (Å²) < 4.78 is 6.33. The van der Waals surface area contributed by atoms with Gasteiger partial charge < -0.3 is 20.1 Å². The highest BCUT2D eigenvalue weighted by molar-refractivity contribution is 7.16. The van der Waals surface area contributed by atoms with Crippen LogP contribution in [0.3, 0.4) is 0 Å². The molecule has 4 rings (SSSR count). The molecule has 0 amide bonds. The highest BCUT2D eigenvalue weighted by Crippen LogP contribution is 2.39. The summed E-state index contributed by atoms with van der Waals surface area (Å²) in [6.45, 7) is 6.34. The van der Waals surface area contributed by atoms with Gasteiger partial charge >= 0.3 is 0 Å². The highest BCUT2D eigenvalue weighted by Gasteiger charge is 2.43. The van der Waals surface area contributed by atoms with Gasteiger partial charge in [0.15, 0.2) is 0 Å². The molecular weight excluding hydrogens is 420 g/mol. The molecule has 0 spiro atoms. The molecule has 1 aromatic rings. The second kappa shape index (κ2) is 12.5. The van der Waals surface area contributed by atoms with E-state index in [0.717, 1.165) is 69.0 Å². The quantitative estimate of drug-likeness (QED) is 0.599. The van der Waals surface area contributed by atoms with Crippen LogP contribution in [-0.4, -0.2) is 89.6 Å². The molecule has 1 saturated carbocycles. The fourth-order valence-electron chi connectivity index (χ4n) is 4.59. The standard InChI is InChI=1S/C17H25ClN2O2S.2CH2O2/c18-17-2-1-14(23-17)11-19-9-12-7-15(16(21)8-13(12)10-19)20-3-5-22-6-4-20;2*2-1-3/h1-2,12-13,15-16,21H,3-11H2;2*1H,(H,2,3)/t12-,13+,15-,16-;;/m1../s1. The first-order valence-corrected chi connectivity index (χ1v) is 10.8. The van der Waals surface area contributed by atoms with E-state index in [4.69, 9.17) is 36.1 Å². The largest absolute Gasteiger partial charge is 0.483 e. The summed E-state index contributed by atoms with van der Waals surface area (Å²) in [7, 11) is 0. The van der Waals surface area contributed by atoms with Gasteiger partial charge in [0.2, 0.25) is 0 Å². The SMILES string of the molecule is O=CO.O=CO.O[C@@H]1C[C@H]2CN(Cc3ccc(Cl)s3)C[C@H]2C[C@H]1N1CCOCC1. The van der Waals surface area contributed by atoms with E-state index >= 15 is 0 Å². The molecule has 8 nitrogen and oxygen atoms in total. The Bertz CT molecular complexity index is 622. The van der Waals surface area contributed by atoms with Crippen LogP contribution < -0.4 is 0 Å². The maximum atomic E-state index is 10.6. The molecule has 3 N–H and O–H groups in total. The Hall–Kier alpha value is -1.23. The van der Waals surface area contributed by atoms with Crippen molar-refractivity contribution in [1.29, 1.82) is 0 Å². The number of nitrogens with zero attached hydrogens (tertiary/aromatic N) is 2. The van der Waals surface area contributed by atoms with E-state index in [-0.39, 0.29) is 19.0 Å². The van der Waals surface area contributed by atoms with E-state index in [1.165, 1.54) is 4.88 Å². The summed E-state index contributed by atoms with van der Waals surface area (Å²) >= 11 is 7.73. The molecule has 1 aliphatic carbocycles. The van der Waals surface area contributed by atoms with E-state index < -0.39 is 0 Å². The molecule has 0 unspecified atom stereocenters. The average molecular weight is 449 g/mol. The van der Waals surface area contributed by atoms with Crippen molar-refractivity contribution in [1.82, 2.24) is 9.80 Å². The van der Waals surface area contributed by atoms with Crippen molar-refractivity contribution >= 4 is 35.9 Å². The van der Waals surface area contributed by atoms with Crippen molar-refractivity contribution in [2.45, 2.75) is 31.5 Å². The molecule has 0 aromatic carbocycles. The lowest BCUT2D eigenvalue weighted by molar-refractivity contribution is -0.123. The molecule has 2 saturated heterocycles. The average Bonchev–Trinajstić information content (AvgIpc) is 3.28. The molecule has 29 heavy (non-hydrogen) atoms.